The molecule has 0 saturated carbocycles. The van der Waals surface area contributed by atoms with Gasteiger partial charge in [0.25, 0.3) is 0 Å². The highest BCUT2D eigenvalue weighted by molar-refractivity contribution is 7.12. The molecule has 1 aromatic heterocycles. The van der Waals surface area contributed by atoms with Crippen LogP contribution in [-0.2, 0) is 0 Å². The summed E-state index contributed by atoms with van der Waals surface area (Å²) in [5.41, 5.74) is 8.45. The summed E-state index contributed by atoms with van der Waals surface area (Å²) < 4.78 is 0. The van der Waals surface area contributed by atoms with Gasteiger partial charge in [-0.15, -0.1) is 11.3 Å². The maximum Gasteiger partial charge on any atom is 0.0753 e. The summed E-state index contributed by atoms with van der Waals surface area (Å²) in [5, 5.41) is 0. The molecule has 0 aliphatic heterocycles. The van der Waals surface area contributed by atoms with Crippen LogP contribution >= 0.6 is 11.3 Å². The van der Waals surface area contributed by atoms with E-state index < -0.39 is 0 Å². The Balaban J connectivity index is 2.28. The lowest BCUT2D eigenvalue weighted by molar-refractivity contribution is 0.692. The highest BCUT2D eigenvalue weighted by atomic mass is 32.1. The van der Waals surface area contributed by atoms with E-state index in [2.05, 4.69) is 62.2 Å². The van der Waals surface area contributed by atoms with Crippen molar-refractivity contribution < 1.29 is 0 Å². The Morgan fingerprint density at radius 1 is 1.22 bits per heavy atom. The fraction of sp³-hybridized carbons (Fsp3) is 0.333. The number of rotatable bonds is 4. The average molecular weight is 260 g/mol. The van der Waals surface area contributed by atoms with E-state index in [1.54, 1.807) is 0 Å². The molecule has 2 rings (SSSR count). The number of benzene rings is 1. The van der Waals surface area contributed by atoms with Gasteiger partial charge in [-0.1, -0.05) is 12.1 Å². The Bertz CT molecular complexity index is 519. The number of hydrogen-bond acceptors (Lipinski definition) is 3. The van der Waals surface area contributed by atoms with Crippen molar-refractivity contribution in [1.82, 2.24) is 0 Å². The van der Waals surface area contributed by atoms with Crippen LogP contribution in [0.25, 0.3) is 0 Å². The number of thiophene rings is 1. The molecule has 1 heterocycles. The van der Waals surface area contributed by atoms with Gasteiger partial charge in [0.05, 0.1) is 6.04 Å². The van der Waals surface area contributed by atoms with Crippen LogP contribution in [-0.4, -0.2) is 13.6 Å². The van der Waals surface area contributed by atoms with Crippen molar-refractivity contribution in [1.29, 1.82) is 0 Å². The first kappa shape index (κ1) is 13.1. The molecular weight excluding hydrogens is 240 g/mol. The molecule has 0 aliphatic rings. The highest BCUT2D eigenvalue weighted by Crippen LogP contribution is 2.29. The van der Waals surface area contributed by atoms with E-state index in [0.717, 1.165) is 0 Å². The standard InChI is InChI=1S/C15H20N2S/c1-11-5-4-6-13(9-11)17(3)14(10-16)15-8-7-12(2)18-15/h4-9,14H,10,16H2,1-3H3. The summed E-state index contributed by atoms with van der Waals surface area (Å²) in [4.78, 5) is 4.93. The van der Waals surface area contributed by atoms with Crippen molar-refractivity contribution in [2.24, 2.45) is 5.73 Å². The minimum absolute atomic E-state index is 0.255. The van der Waals surface area contributed by atoms with Gasteiger partial charge in [-0.3, -0.25) is 0 Å². The summed E-state index contributed by atoms with van der Waals surface area (Å²) >= 11 is 1.83. The maximum absolute atomic E-state index is 5.96. The van der Waals surface area contributed by atoms with Gasteiger partial charge in [0.15, 0.2) is 0 Å². The van der Waals surface area contributed by atoms with Crippen LogP contribution in [0.2, 0.25) is 0 Å². The monoisotopic (exact) mass is 260 g/mol. The van der Waals surface area contributed by atoms with Gasteiger partial charge in [-0.25, -0.2) is 0 Å². The minimum Gasteiger partial charge on any atom is -0.365 e. The Hall–Kier alpha value is -1.32. The Kier molecular flexibility index (Phi) is 4.04. The summed E-state index contributed by atoms with van der Waals surface area (Å²) in [6.07, 6.45) is 0. The number of anilines is 1. The smallest absolute Gasteiger partial charge is 0.0753 e. The highest BCUT2D eigenvalue weighted by Gasteiger charge is 2.17. The number of nitrogens with two attached hydrogens (primary N) is 1. The van der Waals surface area contributed by atoms with Crippen LogP contribution < -0.4 is 10.6 Å². The normalized spacial score (nSPS) is 12.4. The van der Waals surface area contributed by atoms with Crippen LogP contribution in [0.1, 0.15) is 21.4 Å². The summed E-state index contributed by atoms with van der Waals surface area (Å²) in [6.45, 7) is 4.88. The second-order valence-corrected chi connectivity index (χ2v) is 5.97. The van der Waals surface area contributed by atoms with Crippen molar-refractivity contribution in [3.8, 4) is 0 Å². The summed E-state index contributed by atoms with van der Waals surface area (Å²) in [5.74, 6) is 0. The average Bonchev–Trinajstić information content (AvgIpc) is 2.76. The molecule has 0 radical (unpaired) electrons. The predicted octanol–water partition coefficient (Wildman–Crippen LogP) is 3.50. The zero-order chi connectivity index (χ0) is 13.1. The second-order valence-electron chi connectivity index (χ2n) is 4.65. The lowest BCUT2D eigenvalue weighted by Gasteiger charge is -2.28. The SMILES string of the molecule is Cc1cccc(N(C)C(CN)c2ccc(C)s2)c1. The fourth-order valence-electron chi connectivity index (χ4n) is 2.12. The fourth-order valence-corrected chi connectivity index (χ4v) is 3.16. The molecule has 0 spiro atoms. The van der Waals surface area contributed by atoms with E-state index in [4.69, 9.17) is 5.73 Å². The van der Waals surface area contributed by atoms with E-state index in [1.165, 1.54) is 21.0 Å². The van der Waals surface area contributed by atoms with Crippen LogP contribution in [0.4, 0.5) is 5.69 Å². The zero-order valence-corrected chi connectivity index (χ0v) is 12.0. The molecule has 1 atom stereocenters. The van der Waals surface area contributed by atoms with Gasteiger partial charge in [-0.05, 0) is 43.7 Å². The van der Waals surface area contributed by atoms with E-state index >= 15 is 0 Å². The molecule has 0 bridgehead atoms. The number of nitrogens with zero attached hydrogens (tertiary/aromatic N) is 1. The van der Waals surface area contributed by atoms with Gasteiger partial charge in [0.2, 0.25) is 0 Å². The van der Waals surface area contributed by atoms with E-state index in [9.17, 15) is 0 Å². The zero-order valence-electron chi connectivity index (χ0n) is 11.2. The summed E-state index contributed by atoms with van der Waals surface area (Å²) in [7, 11) is 2.11. The molecule has 0 aliphatic carbocycles. The van der Waals surface area contributed by atoms with Crippen LogP contribution in [0.15, 0.2) is 36.4 Å². The topological polar surface area (TPSA) is 29.3 Å². The minimum atomic E-state index is 0.255. The molecule has 1 aromatic carbocycles. The first-order valence-electron chi connectivity index (χ1n) is 6.17. The third kappa shape index (κ3) is 2.74. The lowest BCUT2D eigenvalue weighted by atomic mass is 10.1. The summed E-state index contributed by atoms with van der Waals surface area (Å²) in [6, 6.07) is 13.1. The van der Waals surface area contributed by atoms with Crippen LogP contribution in [0, 0.1) is 13.8 Å². The molecule has 96 valence electrons. The Labute approximate surface area is 113 Å². The molecule has 18 heavy (non-hydrogen) atoms. The van der Waals surface area contributed by atoms with Crippen LogP contribution in [0.5, 0.6) is 0 Å². The van der Waals surface area contributed by atoms with Crippen molar-refractivity contribution in [3.63, 3.8) is 0 Å². The molecular formula is C15H20N2S. The number of hydrogen-bond donors (Lipinski definition) is 1. The maximum atomic E-state index is 5.96. The number of aryl methyl sites for hydroxylation is 2. The third-order valence-electron chi connectivity index (χ3n) is 3.19. The van der Waals surface area contributed by atoms with E-state index in [0.29, 0.717) is 6.54 Å². The number of likely N-dealkylation sites (N-methyl/N-ethyl adjacent to an activating group) is 1. The molecule has 0 fully saturated rings. The van der Waals surface area contributed by atoms with E-state index in [1.807, 2.05) is 11.3 Å². The van der Waals surface area contributed by atoms with Crippen molar-refractivity contribution in [3.05, 3.63) is 51.7 Å². The largest absolute Gasteiger partial charge is 0.365 e. The lowest BCUT2D eigenvalue weighted by Crippen LogP contribution is -2.29. The second kappa shape index (κ2) is 5.55. The van der Waals surface area contributed by atoms with Gasteiger partial charge < -0.3 is 10.6 Å². The molecule has 2 N–H and O–H groups in total. The Morgan fingerprint density at radius 3 is 2.56 bits per heavy atom. The van der Waals surface area contributed by atoms with E-state index in [-0.39, 0.29) is 6.04 Å². The molecule has 0 saturated heterocycles. The predicted molar refractivity (Wildman–Crippen MR) is 80.4 cm³/mol. The van der Waals surface area contributed by atoms with Gasteiger partial charge in [-0.2, -0.15) is 0 Å². The first-order valence-corrected chi connectivity index (χ1v) is 6.99. The molecule has 2 nitrogen and oxygen atoms in total. The Morgan fingerprint density at radius 2 is 2.00 bits per heavy atom. The van der Waals surface area contributed by atoms with Gasteiger partial charge in [0, 0.05) is 29.0 Å². The van der Waals surface area contributed by atoms with Crippen molar-refractivity contribution in [2.75, 3.05) is 18.5 Å². The van der Waals surface area contributed by atoms with Crippen molar-refractivity contribution >= 4 is 17.0 Å². The molecule has 1 unspecified atom stereocenters. The van der Waals surface area contributed by atoms with Crippen LogP contribution in [0.3, 0.4) is 0 Å². The molecule has 2 aromatic rings. The molecule has 3 heteroatoms. The van der Waals surface area contributed by atoms with Gasteiger partial charge >= 0.3 is 0 Å². The van der Waals surface area contributed by atoms with Gasteiger partial charge in [0.1, 0.15) is 0 Å². The van der Waals surface area contributed by atoms with Crippen molar-refractivity contribution in [2.45, 2.75) is 19.9 Å². The third-order valence-corrected chi connectivity index (χ3v) is 4.29. The first-order chi connectivity index (χ1) is 8.61. The molecule has 0 amide bonds. The quantitative estimate of drug-likeness (QED) is 0.911.